The van der Waals surface area contributed by atoms with Gasteiger partial charge in [0.05, 0.1) is 23.6 Å². The zero-order chi connectivity index (χ0) is 14.6. The summed E-state index contributed by atoms with van der Waals surface area (Å²) in [5.41, 5.74) is 1.47. The van der Waals surface area contributed by atoms with Crippen LogP contribution in [0.1, 0.15) is 60.5 Å². The molecule has 0 aliphatic heterocycles. The molecule has 112 valence electrons. The number of sulfone groups is 1. The van der Waals surface area contributed by atoms with Gasteiger partial charge in [-0.2, -0.15) is 5.10 Å². The fourth-order valence-electron chi connectivity index (χ4n) is 2.79. The van der Waals surface area contributed by atoms with E-state index in [4.69, 9.17) is 0 Å². The molecule has 0 spiro atoms. The van der Waals surface area contributed by atoms with E-state index in [-0.39, 0.29) is 5.75 Å². The van der Waals surface area contributed by atoms with Crippen LogP contribution >= 0.6 is 0 Å². The van der Waals surface area contributed by atoms with Crippen molar-refractivity contribution in [2.75, 3.05) is 12.0 Å². The third kappa shape index (κ3) is 4.16. The molecule has 0 bridgehead atoms. The van der Waals surface area contributed by atoms with Gasteiger partial charge in [0.1, 0.15) is 9.84 Å². The Kier molecular flexibility index (Phi) is 4.96. The Morgan fingerprint density at radius 1 is 1.30 bits per heavy atom. The van der Waals surface area contributed by atoms with Gasteiger partial charge in [0.15, 0.2) is 6.29 Å². The highest BCUT2D eigenvalue weighted by Gasteiger charge is 2.21. The number of aryl methyl sites for hydroxylation is 1. The molecule has 1 fully saturated rings. The van der Waals surface area contributed by atoms with Crippen molar-refractivity contribution in [2.24, 2.45) is 0 Å². The van der Waals surface area contributed by atoms with Gasteiger partial charge in [0, 0.05) is 18.4 Å². The van der Waals surface area contributed by atoms with Crippen LogP contribution in [0.2, 0.25) is 0 Å². The zero-order valence-corrected chi connectivity index (χ0v) is 12.7. The first-order valence-electron chi connectivity index (χ1n) is 7.20. The second-order valence-corrected chi connectivity index (χ2v) is 7.93. The number of hydrogen-bond donors (Lipinski definition) is 0. The van der Waals surface area contributed by atoms with Gasteiger partial charge in [0.25, 0.3) is 0 Å². The molecular formula is C14H22N2O3S. The van der Waals surface area contributed by atoms with Crippen molar-refractivity contribution in [3.05, 3.63) is 17.5 Å². The molecule has 0 unspecified atom stereocenters. The molecule has 1 saturated carbocycles. The van der Waals surface area contributed by atoms with Gasteiger partial charge in [-0.1, -0.05) is 25.7 Å². The summed E-state index contributed by atoms with van der Waals surface area (Å²) in [5, 5.41) is 4.47. The Morgan fingerprint density at radius 2 is 1.95 bits per heavy atom. The molecule has 2 rings (SSSR count). The number of carbonyl (C=O) groups is 1. The summed E-state index contributed by atoms with van der Waals surface area (Å²) in [6.07, 6.45) is 10.7. The fourth-order valence-corrected chi connectivity index (χ4v) is 3.31. The van der Waals surface area contributed by atoms with E-state index in [1.54, 1.807) is 10.9 Å². The first-order valence-corrected chi connectivity index (χ1v) is 9.26. The number of nitrogens with zero attached hydrogens (tertiary/aromatic N) is 2. The van der Waals surface area contributed by atoms with Crippen LogP contribution in [0.15, 0.2) is 6.20 Å². The minimum atomic E-state index is -3.01. The van der Waals surface area contributed by atoms with Crippen molar-refractivity contribution in [1.29, 1.82) is 0 Å². The number of aromatic nitrogens is 2. The predicted octanol–water partition coefficient (Wildman–Crippen LogP) is 2.18. The molecule has 1 heterocycles. The van der Waals surface area contributed by atoms with Crippen molar-refractivity contribution in [1.82, 2.24) is 9.78 Å². The van der Waals surface area contributed by atoms with E-state index in [9.17, 15) is 13.2 Å². The predicted molar refractivity (Wildman–Crippen MR) is 77.8 cm³/mol. The Hall–Kier alpha value is -1.17. The van der Waals surface area contributed by atoms with Crippen molar-refractivity contribution in [3.63, 3.8) is 0 Å². The molecule has 0 aromatic carbocycles. The second kappa shape index (κ2) is 6.52. The molecule has 0 atom stereocenters. The normalized spacial score (nSPS) is 17.9. The summed E-state index contributed by atoms with van der Waals surface area (Å²) in [6.45, 7) is 0.312. The standard InChI is InChI=1S/C14H22N2O3S/c1-20(18,19)9-8-16-10-13(11-17)14(15-16)12-6-4-2-3-5-7-12/h10-12H,2-9H2,1H3. The lowest BCUT2D eigenvalue weighted by atomic mass is 9.94. The van der Waals surface area contributed by atoms with Gasteiger partial charge < -0.3 is 0 Å². The lowest BCUT2D eigenvalue weighted by molar-refractivity contribution is 0.112. The summed E-state index contributed by atoms with van der Waals surface area (Å²) in [7, 11) is -3.01. The van der Waals surface area contributed by atoms with E-state index in [1.165, 1.54) is 31.9 Å². The Balaban J connectivity index is 2.15. The Labute approximate surface area is 120 Å². The van der Waals surface area contributed by atoms with Gasteiger partial charge >= 0.3 is 0 Å². The minimum absolute atomic E-state index is 0.0527. The quantitative estimate of drug-likeness (QED) is 0.617. The summed E-state index contributed by atoms with van der Waals surface area (Å²) in [6, 6.07) is 0. The van der Waals surface area contributed by atoms with Crippen LogP contribution in [-0.2, 0) is 16.4 Å². The zero-order valence-electron chi connectivity index (χ0n) is 11.9. The van der Waals surface area contributed by atoms with Crippen molar-refractivity contribution >= 4 is 16.1 Å². The number of carbonyl (C=O) groups excluding carboxylic acids is 1. The van der Waals surface area contributed by atoms with Crippen molar-refractivity contribution in [3.8, 4) is 0 Å². The van der Waals surface area contributed by atoms with Gasteiger partial charge in [-0.3, -0.25) is 9.48 Å². The van der Waals surface area contributed by atoms with Crippen LogP contribution < -0.4 is 0 Å². The number of aldehydes is 1. The molecule has 0 radical (unpaired) electrons. The maximum Gasteiger partial charge on any atom is 0.153 e. The van der Waals surface area contributed by atoms with Crippen LogP contribution in [-0.4, -0.2) is 36.5 Å². The first kappa shape index (κ1) is 15.2. The van der Waals surface area contributed by atoms with Crippen LogP contribution in [0.3, 0.4) is 0 Å². The van der Waals surface area contributed by atoms with E-state index in [0.29, 0.717) is 18.0 Å². The SMILES string of the molecule is CS(=O)(=O)CCn1cc(C=O)c(C2CCCCCC2)n1. The third-order valence-corrected chi connectivity index (χ3v) is 4.80. The van der Waals surface area contributed by atoms with Crippen molar-refractivity contribution in [2.45, 2.75) is 51.0 Å². The average molecular weight is 298 g/mol. The average Bonchev–Trinajstić information content (AvgIpc) is 2.61. The van der Waals surface area contributed by atoms with E-state index in [2.05, 4.69) is 5.10 Å². The van der Waals surface area contributed by atoms with Gasteiger partial charge in [-0.25, -0.2) is 8.42 Å². The van der Waals surface area contributed by atoms with E-state index < -0.39 is 9.84 Å². The van der Waals surface area contributed by atoms with Crippen LogP contribution in [0, 0.1) is 0 Å². The molecule has 5 nitrogen and oxygen atoms in total. The molecular weight excluding hydrogens is 276 g/mol. The summed E-state index contributed by atoms with van der Waals surface area (Å²) >= 11 is 0. The monoisotopic (exact) mass is 298 g/mol. The number of rotatable bonds is 5. The molecule has 1 aliphatic carbocycles. The molecule has 20 heavy (non-hydrogen) atoms. The first-order chi connectivity index (χ1) is 9.49. The smallest absolute Gasteiger partial charge is 0.153 e. The molecule has 1 aromatic heterocycles. The highest BCUT2D eigenvalue weighted by atomic mass is 32.2. The molecule has 0 amide bonds. The number of hydrogen-bond acceptors (Lipinski definition) is 4. The Bertz CT molecular complexity index is 555. The molecule has 1 aromatic rings. The lowest BCUT2D eigenvalue weighted by Crippen LogP contribution is -2.12. The van der Waals surface area contributed by atoms with E-state index >= 15 is 0 Å². The van der Waals surface area contributed by atoms with Gasteiger partial charge in [-0.05, 0) is 12.8 Å². The van der Waals surface area contributed by atoms with E-state index in [0.717, 1.165) is 24.8 Å². The fraction of sp³-hybridized carbons (Fsp3) is 0.714. The van der Waals surface area contributed by atoms with Gasteiger partial charge in [0.2, 0.25) is 0 Å². The largest absolute Gasteiger partial charge is 0.298 e. The van der Waals surface area contributed by atoms with Crippen LogP contribution in [0.4, 0.5) is 0 Å². The molecule has 1 aliphatic rings. The topological polar surface area (TPSA) is 69.0 Å². The summed E-state index contributed by atoms with van der Waals surface area (Å²) in [4.78, 5) is 11.2. The Morgan fingerprint density at radius 3 is 2.50 bits per heavy atom. The lowest BCUT2D eigenvalue weighted by Gasteiger charge is -2.11. The maximum atomic E-state index is 11.2. The summed E-state index contributed by atoms with van der Waals surface area (Å²) in [5.74, 6) is 0.397. The second-order valence-electron chi connectivity index (χ2n) is 5.67. The highest BCUT2D eigenvalue weighted by Crippen LogP contribution is 2.32. The summed E-state index contributed by atoms with van der Waals surface area (Å²) < 4.78 is 24.0. The molecule has 6 heteroatoms. The minimum Gasteiger partial charge on any atom is -0.298 e. The van der Waals surface area contributed by atoms with Gasteiger partial charge in [-0.15, -0.1) is 0 Å². The molecule has 0 N–H and O–H groups in total. The third-order valence-electron chi connectivity index (χ3n) is 3.88. The van der Waals surface area contributed by atoms with Crippen LogP contribution in [0.25, 0.3) is 0 Å². The van der Waals surface area contributed by atoms with E-state index in [1.807, 2.05) is 0 Å². The maximum absolute atomic E-state index is 11.2. The van der Waals surface area contributed by atoms with Crippen molar-refractivity contribution < 1.29 is 13.2 Å². The van der Waals surface area contributed by atoms with Crippen LogP contribution in [0.5, 0.6) is 0 Å². The highest BCUT2D eigenvalue weighted by molar-refractivity contribution is 7.90. The molecule has 0 saturated heterocycles.